The van der Waals surface area contributed by atoms with E-state index in [0.717, 1.165) is 19.0 Å². The van der Waals surface area contributed by atoms with Gasteiger partial charge in [0.25, 0.3) is 0 Å². The number of hydrogen-bond acceptors (Lipinski definition) is 3. The van der Waals surface area contributed by atoms with Gasteiger partial charge in [0.15, 0.2) is 0 Å². The topological polar surface area (TPSA) is 50.4 Å². The summed E-state index contributed by atoms with van der Waals surface area (Å²) in [6.07, 6.45) is 5.09. The quantitative estimate of drug-likeness (QED) is 0.840. The Balaban J connectivity index is 0.00000220. The van der Waals surface area contributed by atoms with Crippen molar-refractivity contribution in [3.8, 4) is 0 Å². The third-order valence-electron chi connectivity index (χ3n) is 4.87. The van der Waals surface area contributed by atoms with Gasteiger partial charge in [0.2, 0.25) is 5.91 Å². The molecule has 4 nitrogen and oxygen atoms in total. The Hall–Kier alpha value is -0.320. The molecule has 21 heavy (non-hydrogen) atoms. The van der Waals surface area contributed by atoms with Crippen LogP contribution in [-0.2, 0) is 9.53 Å². The zero-order valence-corrected chi connectivity index (χ0v) is 14.4. The maximum absolute atomic E-state index is 12.0. The molecule has 1 aliphatic heterocycles. The molecule has 2 fully saturated rings. The minimum atomic E-state index is -0.158. The summed E-state index contributed by atoms with van der Waals surface area (Å²) in [4.78, 5) is 12.0. The molecule has 1 saturated carbocycles. The van der Waals surface area contributed by atoms with Crippen molar-refractivity contribution in [2.45, 2.75) is 52.5 Å². The van der Waals surface area contributed by atoms with Crippen LogP contribution in [0.5, 0.6) is 0 Å². The van der Waals surface area contributed by atoms with Gasteiger partial charge in [0.1, 0.15) is 6.04 Å². The van der Waals surface area contributed by atoms with E-state index in [9.17, 15) is 4.79 Å². The number of rotatable bonds is 3. The molecule has 1 saturated heterocycles. The molecule has 124 valence electrons. The van der Waals surface area contributed by atoms with Crippen molar-refractivity contribution in [1.29, 1.82) is 0 Å². The van der Waals surface area contributed by atoms with Gasteiger partial charge in [-0.05, 0) is 42.9 Å². The fraction of sp³-hybridized carbons (Fsp3) is 0.938. The number of nitrogens with one attached hydrogen (secondary N) is 2. The molecule has 1 aliphatic carbocycles. The number of hydrogen-bond donors (Lipinski definition) is 2. The van der Waals surface area contributed by atoms with Gasteiger partial charge < -0.3 is 15.4 Å². The third-order valence-corrected chi connectivity index (χ3v) is 4.87. The fourth-order valence-corrected chi connectivity index (χ4v) is 3.33. The van der Waals surface area contributed by atoms with Crippen molar-refractivity contribution < 1.29 is 9.53 Å². The summed E-state index contributed by atoms with van der Waals surface area (Å²) in [6.45, 7) is 9.84. The van der Waals surface area contributed by atoms with E-state index in [2.05, 4.69) is 31.4 Å². The Bertz CT molecular complexity index is 317. The molecule has 0 aromatic rings. The number of halogens is 1. The predicted octanol–water partition coefficient (Wildman–Crippen LogP) is 2.37. The van der Waals surface area contributed by atoms with Gasteiger partial charge in [0.05, 0.1) is 13.2 Å². The van der Waals surface area contributed by atoms with Crippen LogP contribution in [0.4, 0.5) is 0 Å². The monoisotopic (exact) mass is 318 g/mol. The Kier molecular flexibility index (Phi) is 7.45. The van der Waals surface area contributed by atoms with Crippen molar-refractivity contribution in [2.75, 3.05) is 26.3 Å². The van der Waals surface area contributed by atoms with Crippen LogP contribution in [-0.4, -0.2) is 38.3 Å². The first kappa shape index (κ1) is 18.7. The van der Waals surface area contributed by atoms with Crippen molar-refractivity contribution in [1.82, 2.24) is 10.6 Å². The van der Waals surface area contributed by atoms with Crippen LogP contribution < -0.4 is 10.6 Å². The molecule has 2 rings (SSSR count). The second-order valence-electron chi connectivity index (χ2n) is 7.41. The first-order chi connectivity index (χ1) is 9.47. The van der Waals surface area contributed by atoms with Crippen molar-refractivity contribution in [2.24, 2.45) is 17.3 Å². The highest BCUT2D eigenvalue weighted by Crippen LogP contribution is 2.39. The Labute approximate surface area is 135 Å². The molecule has 0 spiro atoms. The lowest BCUT2D eigenvalue weighted by atomic mass is 9.70. The van der Waals surface area contributed by atoms with Gasteiger partial charge >= 0.3 is 0 Å². The highest BCUT2D eigenvalue weighted by molar-refractivity contribution is 5.85. The van der Waals surface area contributed by atoms with E-state index in [-0.39, 0.29) is 24.4 Å². The van der Waals surface area contributed by atoms with Gasteiger partial charge in [-0.15, -0.1) is 12.4 Å². The van der Waals surface area contributed by atoms with E-state index in [0.29, 0.717) is 24.5 Å². The van der Waals surface area contributed by atoms with E-state index in [1.165, 1.54) is 25.7 Å². The third kappa shape index (κ3) is 5.76. The largest absolute Gasteiger partial charge is 0.378 e. The van der Waals surface area contributed by atoms with Crippen LogP contribution in [0.25, 0.3) is 0 Å². The van der Waals surface area contributed by atoms with Gasteiger partial charge in [0, 0.05) is 13.1 Å². The summed E-state index contributed by atoms with van der Waals surface area (Å²) in [5.41, 5.74) is 0.428. The summed E-state index contributed by atoms with van der Waals surface area (Å²) >= 11 is 0. The number of carbonyl (C=O) groups is 1. The molecule has 1 atom stereocenters. The van der Waals surface area contributed by atoms with Crippen LogP contribution >= 0.6 is 12.4 Å². The minimum absolute atomic E-state index is 0. The Morgan fingerprint density at radius 2 is 1.90 bits per heavy atom. The number of ether oxygens (including phenoxy) is 1. The van der Waals surface area contributed by atoms with Crippen LogP contribution in [0, 0.1) is 17.3 Å². The highest BCUT2D eigenvalue weighted by Gasteiger charge is 2.30. The van der Waals surface area contributed by atoms with Crippen molar-refractivity contribution in [3.05, 3.63) is 0 Å². The summed E-state index contributed by atoms with van der Waals surface area (Å²) in [7, 11) is 0. The molecule has 2 aliphatic rings. The zero-order chi connectivity index (χ0) is 14.6. The van der Waals surface area contributed by atoms with E-state index in [1.54, 1.807) is 0 Å². The van der Waals surface area contributed by atoms with Crippen molar-refractivity contribution in [3.63, 3.8) is 0 Å². The molecule has 0 aromatic heterocycles. The summed E-state index contributed by atoms with van der Waals surface area (Å²) < 4.78 is 5.32. The first-order valence-corrected chi connectivity index (χ1v) is 8.05. The molecule has 5 heteroatoms. The maximum atomic E-state index is 12.0. The maximum Gasteiger partial charge on any atom is 0.239 e. The van der Waals surface area contributed by atoms with E-state index < -0.39 is 0 Å². The van der Waals surface area contributed by atoms with E-state index in [1.807, 2.05) is 0 Å². The number of carbonyl (C=O) groups excluding carboxylic acids is 1. The zero-order valence-electron chi connectivity index (χ0n) is 13.6. The van der Waals surface area contributed by atoms with Gasteiger partial charge in [-0.25, -0.2) is 0 Å². The number of amides is 1. The normalized spacial score (nSPS) is 30.3. The molecular formula is C16H31ClN2O2. The molecule has 0 bridgehead atoms. The predicted molar refractivity (Wildman–Crippen MR) is 87.8 cm³/mol. The second-order valence-corrected chi connectivity index (χ2v) is 7.41. The average Bonchev–Trinajstić information content (AvgIpc) is 2.45. The van der Waals surface area contributed by atoms with Gasteiger partial charge in [-0.1, -0.05) is 20.8 Å². The summed E-state index contributed by atoms with van der Waals surface area (Å²) in [5.74, 6) is 1.59. The SMILES string of the molecule is CC(C)(C)C1CCC(CNC(=O)C2COCCN2)CC1.Cl. The van der Waals surface area contributed by atoms with Crippen molar-refractivity contribution >= 4 is 18.3 Å². The number of morpholine rings is 1. The van der Waals surface area contributed by atoms with Crippen LogP contribution in [0.15, 0.2) is 0 Å². The lowest BCUT2D eigenvalue weighted by Crippen LogP contribution is -2.52. The lowest BCUT2D eigenvalue weighted by molar-refractivity contribution is -0.126. The fourth-order valence-electron chi connectivity index (χ4n) is 3.33. The smallest absolute Gasteiger partial charge is 0.239 e. The summed E-state index contributed by atoms with van der Waals surface area (Å²) in [6, 6.07) is -0.158. The Morgan fingerprint density at radius 3 is 2.43 bits per heavy atom. The molecule has 2 N–H and O–H groups in total. The van der Waals surface area contributed by atoms with Crippen LogP contribution in [0.3, 0.4) is 0 Å². The molecule has 1 unspecified atom stereocenters. The minimum Gasteiger partial charge on any atom is -0.378 e. The highest BCUT2D eigenvalue weighted by atomic mass is 35.5. The van der Waals surface area contributed by atoms with Gasteiger partial charge in [-0.2, -0.15) is 0 Å². The lowest BCUT2D eigenvalue weighted by Gasteiger charge is -2.37. The second kappa shape index (κ2) is 8.35. The van der Waals surface area contributed by atoms with E-state index >= 15 is 0 Å². The average molecular weight is 319 g/mol. The van der Waals surface area contributed by atoms with Crippen LogP contribution in [0.2, 0.25) is 0 Å². The standard InChI is InChI=1S/C16H30N2O2.ClH/c1-16(2,3)13-6-4-12(5-7-13)10-18-15(19)14-11-20-9-8-17-14;/h12-14,17H,4-11H2,1-3H3,(H,18,19);1H. The molecular weight excluding hydrogens is 288 g/mol. The molecule has 0 aromatic carbocycles. The summed E-state index contributed by atoms with van der Waals surface area (Å²) in [5, 5.41) is 6.29. The van der Waals surface area contributed by atoms with E-state index in [4.69, 9.17) is 4.74 Å². The van der Waals surface area contributed by atoms with Crippen LogP contribution in [0.1, 0.15) is 46.5 Å². The first-order valence-electron chi connectivity index (χ1n) is 8.05. The molecule has 1 amide bonds. The Morgan fingerprint density at radius 1 is 1.24 bits per heavy atom. The van der Waals surface area contributed by atoms with Gasteiger partial charge in [-0.3, -0.25) is 4.79 Å². The molecule has 0 radical (unpaired) electrons. The molecule has 1 heterocycles.